The van der Waals surface area contributed by atoms with Gasteiger partial charge in [0.25, 0.3) is 0 Å². The van der Waals surface area contributed by atoms with Crippen molar-refractivity contribution in [2.24, 2.45) is 0 Å². The molecule has 1 aromatic carbocycles. The number of aromatic carboxylic acids is 1. The van der Waals surface area contributed by atoms with Crippen LogP contribution in [0.5, 0.6) is 0 Å². The maximum Gasteiger partial charge on any atom is 0.341 e. The zero-order valence-electron chi connectivity index (χ0n) is 12.4. The molecule has 1 aliphatic rings. The molecule has 0 amide bonds. The van der Waals surface area contributed by atoms with Crippen molar-refractivity contribution in [2.75, 3.05) is 14.1 Å². The third kappa shape index (κ3) is 3.17. The van der Waals surface area contributed by atoms with Gasteiger partial charge in [-0.1, -0.05) is 18.2 Å². The molecule has 1 aliphatic carbocycles. The largest absolute Gasteiger partial charge is 0.478 e. The fourth-order valence-electron chi connectivity index (χ4n) is 2.19. The van der Waals surface area contributed by atoms with E-state index in [4.69, 9.17) is 9.84 Å². The zero-order chi connectivity index (χ0) is 16.2. The van der Waals surface area contributed by atoms with Gasteiger partial charge in [0.1, 0.15) is 0 Å². The summed E-state index contributed by atoms with van der Waals surface area (Å²) in [5.74, 6) is -1.85. The third-order valence-electron chi connectivity index (χ3n) is 3.52. The topological polar surface area (TPSA) is 87.7 Å². The lowest BCUT2D eigenvalue weighted by atomic mass is 10.0. The molecule has 0 spiro atoms. The Morgan fingerprint density at radius 2 is 1.91 bits per heavy atom. The van der Waals surface area contributed by atoms with Crippen LogP contribution in [0.25, 0.3) is 0 Å². The predicted molar refractivity (Wildman–Crippen MR) is 81.5 cm³/mol. The van der Waals surface area contributed by atoms with Gasteiger partial charge < -0.3 is 15.2 Å². The Labute approximate surface area is 128 Å². The monoisotopic (exact) mass is 302 g/mol. The zero-order valence-corrected chi connectivity index (χ0v) is 12.4. The number of esters is 1. The number of likely N-dealkylation sites (N-methyl/N-ethyl adjacent to an activating group) is 2. The molecule has 1 unspecified atom stereocenters. The number of hydrogen-bond acceptors (Lipinski definition) is 5. The van der Waals surface area contributed by atoms with E-state index < -0.39 is 17.7 Å². The number of carboxylic acids is 1. The molecule has 6 nitrogen and oxygen atoms in total. The van der Waals surface area contributed by atoms with Crippen LogP contribution < -0.4 is 10.6 Å². The first-order valence-electron chi connectivity index (χ1n) is 6.83. The highest BCUT2D eigenvalue weighted by molar-refractivity contribution is 6.02. The molecule has 0 saturated heterocycles. The summed E-state index contributed by atoms with van der Waals surface area (Å²) in [4.78, 5) is 23.6. The maximum absolute atomic E-state index is 12.4. The van der Waals surface area contributed by atoms with Crippen molar-refractivity contribution in [3.05, 3.63) is 59.3 Å². The average molecular weight is 302 g/mol. The number of allylic oxidation sites excluding steroid dienone is 1. The second-order valence-corrected chi connectivity index (χ2v) is 4.83. The van der Waals surface area contributed by atoms with E-state index in [-0.39, 0.29) is 11.1 Å². The Morgan fingerprint density at radius 3 is 2.41 bits per heavy atom. The number of carboxylic acid groups (broad SMARTS) is 1. The summed E-state index contributed by atoms with van der Waals surface area (Å²) in [5, 5.41) is 15.1. The minimum absolute atomic E-state index is 0.0291. The molecule has 0 fully saturated rings. The van der Waals surface area contributed by atoms with Crippen LogP contribution >= 0.6 is 0 Å². The molecular formula is C16H18N2O4. The van der Waals surface area contributed by atoms with Crippen LogP contribution in [0, 0.1) is 0 Å². The summed E-state index contributed by atoms with van der Waals surface area (Å²) in [7, 11) is 3.48. The molecule has 0 saturated carbocycles. The molecule has 0 radical (unpaired) electrons. The Morgan fingerprint density at radius 1 is 1.23 bits per heavy atom. The van der Waals surface area contributed by atoms with E-state index in [1.54, 1.807) is 38.4 Å². The maximum atomic E-state index is 12.4. The molecule has 1 aromatic rings. The van der Waals surface area contributed by atoms with E-state index in [0.717, 1.165) is 5.70 Å². The summed E-state index contributed by atoms with van der Waals surface area (Å²) >= 11 is 0. The van der Waals surface area contributed by atoms with Crippen molar-refractivity contribution in [2.45, 2.75) is 12.1 Å². The van der Waals surface area contributed by atoms with Gasteiger partial charge in [-0.15, -0.1) is 0 Å². The van der Waals surface area contributed by atoms with Gasteiger partial charge >= 0.3 is 11.9 Å². The lowest BCUT2D eigenvalue weighted by molar-refractivity contribution is -0.00741. The van der Waals surface area contributed by atoms with E-state index in [1.807, 2.05) is 6.08 Å². The SMILES string of the molecule is CNC1=CCC(NC)(OC(=O)c2ccccc2C(=O)O)C=C1. The van der Waals surface area contributed by atoms with Crippen LogP contribution in [0.3, 0.4) is 0 Å². The Bertz CT molecular complexity index is 651. The van der Waals surface area contributed by atoms with Gasteiger partial charge in [-0.25, -0.2) is 9.59 Å². The van der Waals surface area contributed by atoms with E-state index in [1.165, 1.54) is 12.1 Å². The molecule has 0 aromatic heterocycles. The van der Waals surface area contributed by atoms with Crippen molar-refractivity contribution in [1.29, 1.82) is 0 Å². The normalized spacial score (nSPS) is 20.2. The van der Waals surface area contributed by atoms with Crippen molar-refractivity contribution in [3.63, 3.8) is 0 Å². The fraction of sp³-hybridized carbons (Fsp3) is 0.250. The van der Waals surface area contributed by atoms with Gasteiger partial charge in [-0.2, -0.15) is 0 Å². The van der Waals surface area contributed by atoms with Crippen LogP contribution in [0.1, 0.15) is 27.1 Å². The Balaban J connectivity index is 2.23. The van der Waals surface area contributed by atoms with E-state index in [9.17, 15) is 9.59 Å². The summed E-state index contributed by atoms with van der Waals surface area (Å²) in [6.45, 7) is 0. The van der Waals surface area contributed by atoms with Gasteiger partial charge in [0.15, 0.2) is 5.72 Å². The van der Waals surface area contributed by atoms with Crippen LogP contribution in [0.15, 0.2) is 48.2 Å². The smallest absolute Gasteiger partial charge is 0.341 e. The standard InChI is InChI=1S/C16H18N2O4/c1-17-11-7-9-16(18-2,10-8-11)22-15(21)13-6-4-3-5-12(13)14(19)20/h3-9,17-18H,10H2,1-2H3,(H,19,20). The first kappa shape index (κ1) is 15.8. The van der Waals surface area contributed by atoms with Gasteiger partial charge in [0, 0.05) is 19.2 Å². The lowest BCUT2D eigenvalue weighted by Crippen LogP contribution is -2.46. The number of nitrogens with one attached hydrogen (secondary N) is 2. The summed E-state index contributed by atoms with van der Waals surface area (Å²) < 4.78 is 5.53. The first-order valence-corrected chi connectivity index (χ1v) is 6.83. The van der Waals surface area contributed by atoms with Crippen molar-refractivity contribution in [1.82, 2.24) is 10.6 Å². The number of carbonyl (C=O) groups is 2. The lowest BCUT2D eigenvalue weighted by Gasteiger charge is -2.31. The van der Waals surface area contributed by atoms with Crippen LogP contribution in [-0.4, -0.2) is 36.9 Å². The highest BCUT2D eigenvalue weighted by atomic mass is 16.6. The highest BCUT2D eigenvalue weighted by Gasteiger charge is 2.32. The van der Waals surface area contributed by atoms with E-state index in [2.05, 4.69) is 10.6 Å². The number of ether oxygens (including phenoxy) is 1. The molecule has 3 N–H and O–H groups in total. The molecule has 0 bridgehead atoms. The van der Waals surface area contributed by atoms with Crippen molar-refractivity contribution in [3.8, 4) is 0 Å². The van der Waals surface area contributed by atoms with Crippen LogP contribution in [0.4, 0.5) is 0 Å². The molecule has 1 atom stereocenters. The molecule has 2 rings (SSSR count). The Hall–Kier alpha value is -2.60. The summed E-state index contributed by atoms with van der Waals surface area (Å²) in [6, 6.07) is 5.98. The molecule has 0 aliphatic heterocycles. The van der Waals surface area contributed by atoms with Gasteiger partial charge in [-0.3, -0.25) is 5.32 Å². The number of rotatable bonds is 5. The second kappa shape index (κ2) is 6.44. The number of carbonyl (C=O) groups excluding carboxylic acids is 1. The fourth-order valence-corrected chi connectivity index (χ4v) is 2.19. The quantitative estimate of drug-likeness (QED) is 0.564. The molecular weight excluding hydrogens is 284 g/mol. The van der Waals surface area contributed by atoms with Crippen molar-refractivity contribution < 1.29 is 19.4 Å². The van der Waals surface area contributed by atoms with E-state index in [0.29, 0.717) is 6.42 Å². The third-order valence-corrected chi connectivity index (χ3v) is 3.52. The second-order valence-electron chi connectivity index (χ2n) is 4.83. The molecule has 0 heterocycles. The molecule has 22 heavy (non-hydrogen) atoms. The number of benzene rings is 1. The summed E-state index contributed by atoms with van der Waals surface area (Å²) in [5.41, 5.74) is -0.109. The molecule has 116 valence electrons. The predicted octanol–water partition coefficient (Wildman–Crippen LogP) is 1.52. The Kier molecular flexibility index (Phi) is 4.62. The average Bonchev–Trinajstić information content (AvgIpc) is 2.55. The van der Waals surface area contributed by atoms with Crippen molar-refractivity contribution >= 4 is 11.9 Å². The minimum atomic E-state index is -1.16. The number of hydrogen-bond donors (Lipinski definition) is 3. The van der Waals surface area contributed by atoms with Gasteiger partial charge in [-0.05, 0) is 31.3 Å². The van der Waals surface area contributed by atoms with E-state index >= 15 is 0 Å². The minimum Gasteiger partial charge on any atom is -0.478 e. The van der Waals surface area contributed by atoms with Crippen LogP contribution in [0.2, 0.25) is 0 Å². The van der Waals surface area contributed by atoms with Crippen LogP contribution in [-0.2, 0) is 4.74 Å². The molecule has 6 heteroatoms. The first-order chi connectivity index (χ1) is 10.5. The van der Waals surface area contributed by atoms with Gasteiger partial charge in [0.2, 0.25) is 0 Å². The summed E-state index contributed by atoms with van der Waals surface area (Å²) in [6.07, 6.45) is 5.88. The highest BCUT2D eigenvalue weighted by Crippen LogP contribution is 2.23. The van der Waals surface area contributed by atoms with Gasteiger partial charge in [0.05, 0.1) is 11.1 Å².